The SMILES string of the molecule is O=C1CCCN1Cc1ccc(C(=O)N2CC[NH+](Cc3ccc4c(c3)CCO4)CC2)cc1. The molecule has 31 heavy (non-hydrogen) atoms. The van der Waals surface area contributed by atoms with Gasteiger partial charge in [0.1, 0.15) is 12.3 Å². The molecule has 2 aromatic rings. The van der Waals surface area contributed by atoms with Gasteiger partial charge >= 0.3 is 0 Å². The number of nitrogens with one attached hydrogen (secondary N) is 1. The molecule has 1 N–H and O–H groups in total. The lowest BCUT2D eigenvalue weighted by Gasteiger charge is -2.32. The van der Waals surface area contributed by atoms with Crippen LogP contribution in [0.25, 0.3) is 0 Å². The number of ether oxygens (including phenoxy) is 1. The van der Waals surface area contributed by atoms with E-state index in [0.29, 0.717) is 13.0 Å². The molecule has 0 saturated carbocycles. The number of benzene rings is 2. The first-order chi connectivity index (χ1) is 15.2. The molecule has 6 heteroatoms. The Morgan fingerprint density at radius 2 is 1.74 bits per heavy atom. The number of carbonyl (C=O) groups excluding carboxylic acids is 2. The molecule has 3 aliphatic heterocycles. The Balaban J connectivity index is 1.13. The third-order valence-electron chi connectivity index (χ3n) is 6.71. The highest BCUT2D eigenvalue weighted by atomic mass is 16.5. The standard InChI is InChI=1S/C25H29N3O3/c29-24-2-1-10-28(24)18-19-3-6-21(7-4-19)25(30)27-13-11-26(12-14-27)17-20-5-8-23-22(16-20)9-15-31-23/h3-8,16H,1-2,9-15,17-18H2/p+1. The van der Waals surface area contributed by atoms with Gasteiger partial charge in [-0.3, -0.25) is 9.59 Å². The van der Waals surface area contributed by atoms with E-state index in [2.05, 4.69) is 18.2 Å². The molecule has 3 aliphatic rings. The van der Waals surface area contributed by atoms with Crippen LogP contribution >= 0.6 is 0 Å². The summed E-state index contributed by atoms with van der Waals surface area (Å²) in [6, 6.07) is 14.3. The maximum atomic E-state index is 12.9. The van der Waals surface area contributed by atoms with E-state index < -0.39 is 0 Å². The normalized spacial score (nSPS) is 18.9. The van der Waals surface area contributed by atoms with Gasteiger partial charge in [-0.15, -0.1) is 0 Å². The third-order valence-corrected chi connectivity index (χ3v) is 6.71. The zero-order chi connectivity index (χ0) is 21.2. The number of carbonyl (C=O) groups is 2. The van der Waals surface area contributed by atoms with Crippen LogP contribution in [0.1, 0.15) is 39.9 Å². The van der Waals surface area contributed by atoms with Gasteiger partial charge in [-0.2, -0.15) is 0 Å². The van der Waals surface area contributed by atoms with Crippen molar-refractivity contribution in [2.24, 2.45) is 0 Å². The van der Waals surface area contributed by atoms with Gasteiger partial charge in [-0.05, 0) is 47.9 Å². The summed E-state index contributed by atoms with van der Waals surface area (Å²) < 4.78 is 5.60. The molecule has 0 radical (unpaired) electrons. The Labute approximate surface area is 183 Å². The number of likely N-dealkylation sites (tertiary alicyclic amines) is 1. The monoisotopic (exact) mass is 420 g/mol. The molecule has 0 atom stereocenters. The molecular formula is C25H30N3O3+. The molecule has 162 valence electrons. The van der Waals surface area contributed by atoms with Crippen LogP contribution in [0, 0.1) is 0 Å². The zero-order valence-corrected chi connectivity index (χ0v) is 17.9. The second-order valence-electron chi connectivity index (χ2n) is 8.88. The summed E-state index contributed by atoms with van der Waals surface area (Å²) in [6.07, 6.45) is 2.61. The van der Waals surface area contributed by atoms with E-state index in [-0.39, 0.29) is 11.8 Å². The summed E-state index contributed by atoms with van der Waals surface area (Å²) in [7, 11) is 0. The lowest BCUT2D eigenvalue weighted by Crippen LogP contribution is -3.13. The minimum atomic E-state index is 0.109. The van der Waals surface area contributed by atoms with Crippen LogP contribution in [-0.4, -0.2) is 60.9 Å². The van der Waals surface area contributed by atoms with Gasteiger partial charge in [0.15, 0.2) is 0 Å². The van der Waals surface area contributed by atoms with Crippen LogP contribution in [-0.2, 0) is 24.3 Å². The van der Waals surface area contributed by atoms with E-state index in [0.717, 1.165) is 75.6 Å². The maximum absolute atomic E-state index is 12.9. The number of fused-ring (bicyclic) bond motifs is 1. The van der Waals surface area contributed by atoms with Gasteiger partial charge in [-0.1, -0.05) is 12.1 Å². The van der Waals surface area contributed by atoms with Crippen molar-refractivity contribution in [3.05, 3.63) is 64.7 Å². The Bertz CT molecular complexity index is 964. The molecule has 3 heterocycles. The van der Waals surface area contributed by atoms with Gasteiger partial charge in [0.05, 0.1) is 32.8 Å². The Hall–Kier alpha value is -2.86. The highest BCUT2D eigenvalue weighted by Gasteiger charge is 2.25. The highest BCUT2D eigenvalue weighted by molar-refractivity contribution is 5.94. The van der Waals surface area contributed by atoms with Crippen molar-refractivity contribution in [3.8, 4) is 5.75 Å². The molecule has 0 spiro atoms. The van der Waals surface area contributed by atoms with Gasteiger partial charge in [0, 0.05) is 37.1 Å². The van der Waals surface area contributed by atoms with Crippen LogP contribution < -0.4 is 9.64 Å². The van der Waals surface area contributed by atoms with Crippen molar-refractivity contribution >= 4 is 11.8 Å². The average Bonchev–Trinajstić information content (AvgIpc) is 3.43. The number of hydrogen-bond acceptors (Lipinski definition) is 3. The van der Waals surface area contributed by atoms with Crippen LogP contribution in [0.5, 0.6) is 5.75 Å². The number of amides is 2. The first-order valence-electron chi connectivity index (χ1n) is 11.4. The fourth-order valence-corrected chi connectivity index (χ4v) is 4.87. The number of nitrogens with zero attached hydrogens (tertiary/aromatic N) is 2. The molecule has 0 bridgehead atoms. The van der Waals surface area contributed by atoms with E-state index in [1.165, 1.54) is 16.0 Å². The number of quaternary nitrogens is 1. The predicted molar refractivity (Wildman–Crippen MR) is 117 cm³/mol. The molecule has 2 amide bonds. The number of rotatable bonds is 5. The van der Waals surface area contributed by atoms with Crippen molar-refractivity contribution in [1.29, 1.82) is 0 Å². The summed E-state index contributed by atoms with van der Waals surface area (Å²) in [5.41, 5.74) is 4.49. The van der Waals surface area contributed by atoms with Crippen molar-refractivity contribution in [3.63, 3.8) is 0 Å². The zero-order valence-electron chi connectivity index (χ0n) is 17.9. The number of hydrogen-bond donors (Lipinski definition) is 1. The summed E-state index contributed by atoms with van der Waals surface area (Å²) in [5, 5.41) is 0. The molecule has 6 nitrogen and oxygen atoms in total. The van der Waals surface area contributed by atoms with E-state index >= 15 is 0 Å². The summed E-state index contributed by atoms with van der Waals surface area (Å²) in [6.45, 7) is 6.78. The van der Waals surface area contributed by atoms with Crippen molar-refractivity contribution in [2.45, 2.75) is 32.4 Å². The average molecular weight is 421 g/mol. The maximum Gasteiger partial charge on any atom is 0.254 e. The molecule has 5 rings (SSSR count). The van der Waals surface area contributed by atoms with Crippen LogP contribution in [0.15, 0.2) is 42.5 Å². The number of piperazine rings is 1. The van der Waals surface area contributed by atoms with Crippen LogP contribution in [0.4, 0.5) is 0 Å². The van der Waals surface area contributed by atoms with Crippen LogP contribution in [0.2, 0.25) is 0 Å². The van der Waals surface area contributed by atoms with Gasteiger partial charge in [-0.25, -0.2) is 0 Å². The Morgan fingerprint density at radius 1 is 0.968 bits per heavy atom. The Morgan fingerprint density at radius 3 is 2.48 bits per heavy atom. The quantitative estimate of drug-likeness (QED) is 0.793. The Kier molecular flexibility index (Phi) is 5.64. The predicted octanol–water partition coefficient (Wildman–Crippen LogP) is 1.28. The van der Waals surface area contributed by atoms with E-state index in [1.54, 1.807) is 0 Å². The second-order valence-corrected chi connectivity index (χ2v) is 8.88. The third kappa shape index (κ3) is 4.44. The topological polar surface area (TPSA) is 54.3 Å². The molecule has 2 aromatic carbocycles. The fourth-order valence-electron chi connectivity index (χ4n) is 4.87. The summed E-state index contributed by atoms with van der Waals surface area (Å²) in [4.78, 5) is 30.1. The minimum absolute atomic E-state index is 0.109. The van der Waals surface area contributed by atoms with E-state index in [9.17, 15) is 9.59 Å². The van der Waals surface area contributed by atoms with Crippen molar-refractivity contribution in [2.75, 3.05) is 39.3 Å². The summed E-state index contributed by atoms with van der Waals surface area (Å²) >= 11 is 0. The smallest absolute Gasteiger partial charge is 0.254 e. The first-order valence-corrected chi connectivity index (χ1v) is 11.4. The molecular weight excluding hydrogens is 390 g/mol. The van der Waals surface area contributed by atoms with E-state index in [1.807, 2.05) is 34.1 Å². The minimum Gasteiger partial charge on any atom is -0.493 e. The van der Waals surface area contributed by atoms with Gasteiger partial charge in [0.25, 0.3) is 5.91 Å². The first kappa shape index (κ1) is 20.1. The lowest BCUT2D eigenvalue weighted by atomic mass is 10.1. The largest absolute Gasteiger partial charge is 0.493 e. The van der Waals surface area contributed by atoms with Crippen molar-refractivity contribution < 1.29 is 19.2 Å². The van der Waals surface area contributed by atoms with E-state index in [4.69, 9.17) is 4.74 Å². The molecule has 0 unspecified atom stereocenters. The lowest BCUT2D eigenvalue weighted by molar-refractivity contribution is -0.917. The summed E-state index contributed by atoms with van der Waals surface area (Å²) in [5.74, 6) is 1.37. The molecule has 2 fully saturated rings. The van der Waals surface area contributed by atoms with Crippen molar-refractivity contribution in [1.82, 2.24) is 9.80 Å². The fraction of sp³-hybridized carbons (Fsp3) is 0.440. The second kappa shape index (κ2) is 8.71. The highest BCUT2D eigenvalue weighted by Crippen LogP contribution is 2.25. The molecule has 0 aliphatic carbocycles. The van der Waals surface area contributed by atoms with Gasteiger partial charge in [0.2, 0.25) is 5.91 Å². The van der Waals surface area contributed by atoms with Crippen LogP contribution in [0.3, 0.4) is 0 Å². The van der Waals surface area contributed by atoms with Gasteiger partial charge < -0.3 is 19.4 Å². The molecule has 0 aromatic heterocycles. The molecule has 2 saturated heterocycles.